The minimum atomic E-state index is -0.582. The van der Waals surface area contributed by atoms with Crippen LogP contribution in [0.3, 0.4) is 0 Å². The van der Waals surface area contributed by atoms with Crippen molar-refractivity contribution in [2.45, 2.75) is 50.3 Å². The number of hydrogen-bond donors (Lipinski definition) is 3. The van der Waals surface area contributed by atoms with Gasteiger partial charge in [0.2, 0.25) is 11.8 Å². The highest BCUT2D eigenvalue weighted by Gasteiger charge is 2.39. The SMILES string of the molecule is O=C1CCC(N2Cc3ccc(CNCC4COC5CNCC5O4)cc3C2=O)C(=O)N1. The Hall–Kier alpha value is -2.33. The molecule has 3 fully saturated rings. The lowest BCUT2D eigenvalue weighted by atomic mass is 10.0. The molecule has 3 saturated heterocycles. The highest BCUT2D eigenvalue weighted by atomic mass is 16.6. The van der Waals surface area contributed by atoms with Crippen LogP contribution in [0.15, 0.2) is 18.2 Å². The molecule has 9 heteroatoms. The monoisotopic (exact) mass is 414 g/mol. The van der Waals surface area contributed by atoms with Gasteiger partial charge in [0.1, 0.15) is 6.04 Å². The second kappa shape index (κ2) is 8.07. The van der Waals surface area contributed by atoms with Gasteiger partial charge in [-0.1, -0.05) is 12.1 Å². The molecule has 0 bridgehead atoms. The Morgan fingerprint density at radius 2 is 2.03 bits per heavy atom. The van der Waals surface area contributed by atoms with Gasteiger partial charge in [-0.25, -0.2) is 0 Å². The van der Waals surface area contributed by atoms with Crippen LogP contribution in [0.2, 0.25) is 0 Å². The van der Waals surface area contributed by atoms with Gasteiger partial charge in [0, 0.05) is 44.7 Å². The Morgan fingerprint density at radius 3 is 2.90 bits per heavy atom. The first kappa shape index (κ1) is 19.6. The Labute approximate surface area is 174 Å². The first-order valence-corrected chi connectivity index (χ1v) is 10.5. The summed E-state index contributed by atoms with van der Waals surface area (Å²) < 4.78 is 11.9. The van der Waals surface area contributed by atoms with E-state index in [4.69, 9.17) is 9.47 Å². The number of rotatable bonds is 5. The van der Waals surface area contributed by atoms with Crippen molar-refractivity contribution in [3.63, 3.8) is 0 Å². The zero-order valence-corrected chi connectivity index (χ0v) is 16.7. The summed E-state index contributed by atoms with van der Waals surface area (Å²) in [7, 11) is 0. The summed E-state index contributed by atoms with van der Waals surface area (Å²) in [5, 5.41) is 9.00. The van der Waals surface area contributed by atoms with Crippen LogP contribution in [0.1, 0.15) is 34.3 Å². The second-order valence-electron chi connectivity index (χ2n) is 8.35. The van der Waals surface area contributed by atoms with E-state index in [1.807, 2.05) is 18.2 Å². The van der Waals surface area contributed by atoms with E-state index in [2.05, 4.69) is 16.0 Å². The van der Waals surface area contributed by atoms with Gasteiger partial charge < -0.3 is 25.0 Å². The molecule has 3 amide bonds. The number of nitrogens with zero attached hydrogens (tertiary/aromatic N) is 1. The van der Waals surface area contributed by atoms with Crippen molar-refractivity contribution >= 4 is 17.7 Å². The maximum Gasteiger partial charge on any atom is 0.255 e. The lowest BCUT2D eigenvalue weighted by Crippen LogP contribution is -2.52. The molecule has 30 heavy (non-hydrogen) atoms. The number of carbonyl (C=O) groups is 3. The van der Waals surface area contributed by atoms with Crippen molar-refractivity contribution in [3.05, 3.63) is 34.9 Å². The van der Waals surface area contributed by atoms with Crippen molar-refractivity contribution in [2.75, 3.05) is 26.2 Å². The lowest BCUT2D eigenvalue weighted by molar-refractivity contribution is -0.158. The quantitative estimate of drug-likeness (QED) is 0.547. The van der Waals surface area contributed by atoms with Crippen LogP contribution in [-0.2, 0) is 32.2 Å². The summed E-state index contributed by atoms with van der Waals surface area (Å²) in [6.45, 7) is 3.96. The van der Waals surface area contributed by atoms with Crippen molar-refractivity contribution < 1.29 is 23.9 Å². The molecule has 4 aliphatic rings. The maximum atomic E-state index is 12.9. The molecule has 4 aliphatic heterocycles. The first-order chi connectivity index (χ1) is 14.6. The number of nitrogens with one attached hydrogen (secondary N) is 3. The number of benzene rings is 1. The molecular formula is C21H26N4O5. The molecule has 4 unspecified atom stereocenters. The van der Waals surface area contributed by atoms with E-state index in [0.717, 1.165) is 24.2 Å². The number of fused-ring (bicyclic) bond motifs is 2. The summed E-state index contributed by atoms with van der Waals surface area (Å²) >= 11 is 0. The predicted octanol–water partition coefficient (Wildman–Crippen LogP) is -0.707. The molecular weight excluding hydrogens is 388 g/mol. The van der Waals surface area contributed by atoms with Crippen LogP contribution in [-0.4, -0.2) is 73.2 Å². The van der Waals surface area contributed by atoms with E-state index in [9.17, 15) is 14.4 Å². The fourth-order valence-corrected chi connectivity index (χ4v) is 4.65. The van der Waals surface area contributed by atoms with E-state index in [1.165, 1.54) is 0 Å². The van der Waals surface area contributed by atoms with Crippen molar-refractivity contribution in [1.82, 2.24) is 20.9 Å². The number of ether oxygens (including phenoxy) is 2. The van der Waals surface area contributed by atoms with E-state index in [1.54, 1.807) is 4.90 Å². The summed E-state index contributed by atoms with van der Waals surface area (Å²) in [6.07, 6.45) is 0.943. The van der Waals surface area contributed by atoms with Crippen molar-refractivity contribution in [2.24, 2.45) is 0 Å². The van der Waals surface area contributed by atoms with Crippen molar-refractivity contribution in [3.8, 4) is 0 Å². The average Bonchev–Trinajstić information content (AvgIpc) is 3.32. The van der Waals surface area contributed by atoms with Gasteiger partial charge in [-0.3, -0.25) is 19.7 Å². The molecule has 1 aromatic carbocycles. The minimum Gasteiger partial charge on any atom is -0.371 e. The molecule has 3 N–H and O–H groups in total. The highest BCUT2D eigenvalue weighted by molar-refractivity contribution is 6.05. The van der Waals surface area contributed by atoms with Crippen LogP contribution in [0.5, 0.6) is 0 Å². The van der Waals surface area contributed by atoms with E-state index < -0.39 is 6.04 Å². The molecule has 4 atom stereocenters. The lowest BCUT2D eigenvalue weighted by Gasteiger charge is -2.32. The van der Waals surface area contributed by atoms with Gasteiger partial charge >= 0.3 is 0 Å². The molecule has 0 radical (unpaired) electrons. The molecule has 0 aliphatic carbocycles. The summed E-state index contributed by atoms with van der Waals surface area (Å²) in [6, 6.07) is 5.26. The van der Waals surface area contributed by atoms with Crippen LogP contribution >= 0.6 is 0 Å². The molecule has 0 aromatic heterocycles. The topological polar surface area (TPSA) is 109 Å². The van der Waals surface area contributed by atoms with Gasteiger partial charge in [-0.2, -0.15) is 0 Å². The zero-order chi connectivity index (χ0) is 20.7. The van der Waals surface area contributed by atoms with Gasteiger partial charge in [-0.05, 0) is 23.6 Å². The van der Waals surface area contributed by atoms with Crippen molar-refractivity contribution in [1.29, 1.82) is 0 Å². The maximum absolute atomic E-state index is 12.9. The number of imide groups is 1. The minimum absolute atomic E-state index is 0.0187. The van der Waals surface area contributed by atoms with Gasteiger partial charge in [0.25, 0.3) is 5.91 Å². The normalized spacial score (nSPS) is 30.9. The van der Waals surface area contributed by atoms with Crippen LogP contribution in [0.4, 0.5) is 0 Å². The Kier molecular flexibility index (Phi) is 5.28. The van der Waals surface area contributed by atoms with E-state index >= 15 is 0 Å². The molecule has 1 aromatic rings. The number of amides is 3. The Balaban J connectivity index is 1.17. The van der Waals surface area contributed by atoms with Crippen LogP contribution < -0.4 is 16.0 Å². The second-order valence-corrected chi connectivity index (χ2v) is 8.35. The molecule has 9 nitrogen and oxygen atoms in total. The average molecular weight is 414 g/mol. The Morgan fingerprint density at radius 1 is 1.17 bits per heavy atom. The molecule has 0 saturated carbocycles. The third kappa shape index (κ3) is 3.74. The number of hydrogen-bond acceptors (Lipinski definition) is 7. The Bertz CT molecular complexity index is 875. The fourth-order valence-electron chi connectivity index (χ4n) is 4.65. The van der Waals surface area contributed by atoms with Gasteiger partial charge in [-0.15, -0.1) is 0 Å². The summed E-state index contributed by atoms with van der Waals surface area (Å²) in [4.78, 5) is 38.0. The standard InChI is InChI=1S/C21H26N4O5/c26-19-4-3-16(20(27)24-19)25-10-13-2-1-12(5-15(13)21(25)28)6-22-7-14-11-29-17-8-23-9-18(17)30-14/h1-2,5,14,16-18,22-23H,3-4,6-11H2,(H,24,26,27). The number of carbonyl (C=O) groups excluding carboxylic acids is 3. The van der Waals surface area contributed by atoms with Crippen LogP contribution in [0, 0.1) is 0 Å². The summed E-state index contributed by atoms with van der Waals surface area (Å²) in [5.41, 5.74) is 2.55. The summed E-state index contributed by atoms with van der Waals surface area (Å²) in [5.74, 6) is -0.810. The van der Waals surface area contributed by atoms with Gasteiger partial charge in [0.15, 0.2) is 0 Å². The predicted molar refractivity (Wildman–Crippen MR) is 105 cm³/mol. The number of piperidine rings is 1. The largest absolute Gasteiger partial charge is 0.371 e. The molecule has 160 valence electrons. The molecule has 4 heterocycles. The third-order valence-electron chi connectivity index (χ3n) is 6.26. The van der Waals surface area contributed by atoms with E-state index in [-0.39, 0.29) is 42.5 Å². The van der Waals surface area contributed by atoms with E-state index in [0.29, 0.717) is 38.2 Å². The molecule has 5 rings (SSSR count). The first-order valence-electron chi connectivity index (χ1n) is 10.5. The zero-order valence-electron chi connectivity index (χ0n) is 16.7. The smallest absolute Gasteiger partial charge is 0.255 e. The third-order valence-corrected chi connectivity index (χ3v) is 6.26. The fraction of sp³-hybridized carbons (Fsp3) is 0.571. The van der Waals surface area contributed by atoms with Crippen LogP contribution in [0.25, 0.3) is 0 Å². The van der Waals surface area contributed by atoms with Gasteiger partial charge in [0.05, 0.1) is 24.9 Å². The highest BCUT2D eigenvalue weighted by Crippen LogP contribution is 2.28. The molecule has 0 spiro atoms.